The minimum absolute atomic E-state index is 0.120. The van der Waals surface area contributed by atoms with Gasteiger partial charge in [0.05, 0.1) is 6.10 Å². The number of aliphatic hydroxyl groups excluding tert-OH is 1. The van der Waals surface area contributed by atoms with E-state index in [1.54, 1.807) is 0 Å². The number of nitrogens with one attached hydrogen (secondary N) is 1. The lowest BCUT2D eigenvalue weighted by atomic mass is 10.2. The number of aromatic nitrogens is 2. The summed E-state index contributed by atoms with van der Waals surface area (Å²) in [4.78, 5) is 24.1. The smallest absolute Gasteiger partial charge is 0.332 e. The largest absolute Gasteiger partial charge is 0.391 e. The molecule has 0 saturated heterocycles. The van der Waals surface area contributed by atoms with E-state index in [1.807, 2.05) is 20.8 Å². The van der Waals surface area contributed by atoms with E-state index < -0.39 is 17.4 Å². The summed E-state index contributed by atoms with van der Waals surface area (Å²) in [5.41, 5.74) is 5.20. The van der Waals surface area contributed by atoms with Crippen LogP contribution in [0.2, 0.25) is 0 Å². The third-order valence-corrected chi connectivity index (χ3v) is 3.12. The number of anilines is 2. The Balaban J connectivity index is 3.27. The van der Waals surface area contributed by atoms with E-state index in [0.717, 1.165) is 4.57 Å². The molecule has 0 fully saturated rings. The van der Waals surface area contributed by atoms with Crippen molar-refractivity contribution in [3.05, 3.63) is 20.8 Å². The number of hydrogen-bond donors (Lipinski definition) is 3. The Morgan fingerprint density at radius 1 is 1.35 bits per heavy atom. The summed E-state index contributed by atoms with van der Waals surface area (Å²) in [6.45, 7) is 6.42. The highest BCUT2D eigenvalue weighted by atomic mass is 16.3. The van der Waals surface area contributed by atoms with Crippen LogP contribution >= 0.6 is 0 Å². The molecule has 0 aliphatic heterocycles. The third-order valence-electron chi connectivity index (χ3n) is 3.12. The minimum atomic E-state index is -0.565. The van der Waals surface area contributed by atoms with Crippen LogP contribution in [0.25, 0.3) is 0 Å². The number of nitrogens with two attached hydrogens (primary N) is 1. The first kappa shape index (κ1) is 16.3. The molecule has 0 bridgehead atoms. The standard InChI is InChI=1S/C13H24N4O3/c1-5-9(18)6-15-10-11(14)17(7-8(2)3)13(20)16(4)12(10)19/h8-9,15,18H,5-7,14H2,1-4H3. The Labute approximate surface area is 118 Å². The monoisotopic (exact) mass is 284 g/mol. The summed E-state index contributed by atoms with van der Waals surface area (Å²) in [5, 5.41) is 12.4. The predicted octanol–water partition coefficient (Wildman–Crippen LogP) is -0.0320. The summed E-state index contributed by atoms with van der Waals surface area (Å²) in [6, 6.07) is 0. The lowest BCUT2D eigenvalue weighted by Gasteiger charge is -2.18. The fraction of sp³-hybridized carbons (Fsp3) is 0.692. The maximum Gasteiger partial charge on any atom is 0.332 e. The maximum atomic E-state index is 12.1. The molecule has 1 aromatic heterocycles. The average molecular weight is 284 g/mol. The molecule has 114 valence electrons. The van der Waals surface area contributed by atoms with E-state index in [4.69, 9.17) is 5.73 Å². The summed E-state index contributed by atoms with van der Waals surface area (Å²) >= 11 is 0. The van der Waals surface area contributed by atoms with Gasteiger partial charge >= 0.3 is 5.69 Å². The van der Waals surface area contributed by atoms with Crippen LogP contribution in [0.4, 0.5) is 11.5 Å². The predicted molar refractivity (Wildman–Crippen MR) is 80.0 cm³/mol. The number of nitrogen functional groups attached to an aromatic ring is 1. The fourth-order valence-corrected chi connectivity index (χ4v) is 1.86. The van der Waals surface area contributed by atoms with Crippen LogP contribution in [-0.4, -0.2) is 26.9 Å². The molecule has 0 aromatic carbocycles. The molecule has 1 unspecified atom stereocenters. The van der Waals surface area contributed by atoms with Gasteiger partial charge in [0.2, 0.25) is 0 Å². The van der Waals surface area contributed by atoms with Gasteiger partial charge in [-0.05, 0) is 12.3 Å². The molecule has 7 nitrogen and oxygen atoms in total. The number of hydrogen-bond acceptors (Lipinski definition) is 5. The number of aliphatic hydroxyl groups is 1. The van der Waals surface area contributed by atoms with Crippen molar-refractivity contribution in [2.75, 3.05) is 17.6 Å². The van der Waals surface area contributed by atoms with Crippen molar-refractivity contribution in [2.45, 2.75) is 39.8 Å². The summed E-state index contributed by atoms with van der Waals surface area (Å²) < 4.78 is 2.41. The Morgan fingerprint density at radius 2 is 1.95 bits per heavy atom. The number of rotatable bonds is 6. The van der Waals surface area contributed by atoms with Gasteiger partial charge in [-0.15, -0.1) is 0 Å². The van der Waals surface area contributed by atoms with Gasteiger partial charge in [-0.2, -0.15) is 0 Å². The van der Waals surface area contributed by atoms with Crippen molar-refractivity contribution in [1.29, 1.82) is 0 Å². The lowest BCUT2D eigenvalue weighted by Crippen LogP contribution is -2.42. The van der Waals surface area contributed by atoms with Crippen LogP contribution in [-0.2, 0) is 13.6 Å². The summed E-state index contributed by atoms with van der Waals surface area (Å²) in [6.07, 6.45) is 0.00311. The fourth-order valence-electron chi connectivity index (χ4n) is 1.86. The van der Waals surface area contributed by atoms with Crippen LogP contribution in [0, 0.1) is 5.92 Å². The Hall–Kier alpha value is -1.76. The first-order valence-electron chi connectivity index (χ1n) is 6.80. The molecule has 1 aromatic rings. The highest BCUT2D eigenvalue weighted by molar-refractivity contribution is 5.60. The van der Waals surface area contributed by atoms with Gasteiger partial charge in [-0.3, -0.25) is 13.9 Å². The molecule has 1 rings (SSSR count). The Bertz CT molecular complexity index is 574. The average Bonchev–Trinajstić information content (AvgIpc) is 2.40. The highest BCUT2D eigenvalue weighted by Crippen LogP contribution is 2.12. The quantitative estimate of drug-likeness (QED) is 0.680. The van der Waals surface area contributed by atoms with E-state index in [1.165, 1.54) is 11.6 Å². The third kappa shape index (κ3) is 3.41. The zero-order valence-corrected chi connectivity index (χ0v) is 12.5. The van der Waals surface area contributed by atoms with Crippen LogP contribution in [0.15, 0.2) is 9.59 Å². The molecular formula is C13H24N4O3. The first-order chi connectivity index (χ1) is 9.29. The molecule has 1 atom stereocenters. The normalized spacial score (nSPS) is 12.7. The van der Waals surface area contributed by atoms with E-state index in [9.17, 15) is 14.7 Å². The summed E-state index contributed by atoms with van der Waals surface area (Å²) in [7, 11) is 1.42. The molecule has 0 amide bonds. The molecule has 4 N–H and O–H groups in total. The zero-order chi connectivity index (χ0) is 15.4. The SMILES string of the molecule is CCC(O)CNc1c(N)n(CC(C)C)c(=O)n(C)c1=O. The number of nitrogens with zero attached hydrogens (tertiary/aromatic N) is 2. The van der Waals surface area contributed by atoms with Crippen LogP contribution < -0.4 is 22.3 Å². The Morgan fingerprint density at radius 3 is 2.45 bits per heavy atom. The van der Waals surface area contributed by atoms with Crippen molar-refractivity contribution in [3.63, 3.8) is 0 Å². The van der Waals surface area contributed by atoms with Gasteiger partial charge in [-0.1, -0.05) is 20.8 Å². The van der Waals surface area contributed by atoms with Crippen molar-refractivity contribution in [3.8, 4) is 0 Å². The van der Waals surface area contributed by atoms with Crippen molar-refractivity contribution >= 4 is 11.5 Å². The minimum Gasteiger partial charge on any atom is -0.391 e. The summed E-state index contributed by atoms with van der Waals surface area (Å²) in [5.74, 6) is 0.344. The maximum absolute atomic E-state index is 12.1. The first-order valence-corrected chi connectivity index (χ1v) is 6.80. The molecule has 0 aliphatic rings. The second-order valence-electron chi connectivity index (χ2n) is 5.35. The second-order valence-corrected chi connectivity index (χ2v) is 5.35. The molecule has 7 heteroatoms. The van der Waals surface area contributed by atoms with Crippen LogP contribution in [0.3, 0.4) is 0 Å². The van der Waals surface area contributed by atoms with Crippen LogP contribution in [0.5, 0.6) is 0 Å². The van der Waals surface area contributed by atoms with E-state index in [0.29, 0.717) is 13.0 Å². The Kier molecular flexibility index (Phi) is 5.38. The van der Waals surface area contributed by atoms with Gasteiger partial charge in [0, 0.05) is 20.1 Å². The van der Waals surface area contributed by atoms with Crippen molar-refractivity contribution in [2.24, 2.45) is 13.0 Å². The lowest BCUT2D eigenvalue weighted by molar-refractivity contribution is 0.183. The van der Waals surface area contributed by atoms with Crippen LogP contribution in [0.1, 0.15) is 27.2 Å². The van der Waals surface area contributed by atoms with Crippen molar-refractivity contribution in [1.82, 2.24) is 9.13 Å². The molecule has 0 spiro atoms. The van der Waals surface area contributed by atoms with Crippen molar-refractivity contribution < 1.29 is 5.11 Å². The van der Waals surface area contributed by atoms with E-state index >= 15 is 0 Å². The molecule has 20 heavy (non-hydrogen) atoms. The zero-order valence-electron chi connectivity index (χ0n) is 12.5. The van der Waals surface area contributed by atoms with Gasteiger partial charge in [-0.25, -0.2) is 4.79 Å². The molecule has 0 aliphatic carbocycles. The van der Waals surface area contributed by atoms with Gasteiger partial charge < -0.3 is 16.2 Å². The van der Waals surface area contributed by atoms with Gasteiger partial charge in [0.1, 0.15) is 11.5 Å². The molecular weight excluding hydrogens is 260 g/mol. The second kappa shape index (κ2) is 6.60. The molecule has 0 radical (unpaired) electrons. The molecule has 0 saturated carbocycles. The topological polar surface area (TPSA) is 102 Å². The van der Waals surface area contributed by atoms with Gasteiger partial charge in [0.15, 0.2) is 0 Å². The van der Waals surface area contributed by atoms with E-state index in [-0.39, 0.29) is 24.0 Å². The van der Waals surface area contributed by atoms with Gasteiger partial charge in [0.25, 0.3) is 5.56 Å². The van der Waals surface area contributed by atoms with E-state index in [2.05, 4.69) is 5.32 Å². The molecule has 1 heterocycles. The highest BCUT2D eigenvalue weighted by Gasteiger charge is 2.16.